The molecule has 0 radical (unpaired) electrons. The van der Waals surface area contributed by atoms with E-state index >= 15 is 0 Å². The molecule has 0 amide bonds. The van der Waals surface area contributed by atoms with Gasteiger partial charge in [0.2, 0.25) is 0 Å². The van der Waals surface area contributed by atoms with Gasteiger partial charge in [-0.25, -0.2) is 0 Å². The quantitative estimate of drug-likeness (QED) is 0.553. The Labute approximate surface area is 152 Å². The Morgan fingerprint density at radius 1 is 0.769 bits per heavy atom. The minimum atomic E-state index is -0.402. The first-order chi connectivity index (χ1) is 12.2. The van der Waals surface area contributed by atoms with Gasteiger partial charge in [0.15, 0.2) is 0 Å². The molecule has 0 unspecified atom stereocenters. The van der Waals surface area contributed by atoms with Gasteiger partial charge in [-0.3, -0.25) is 20.2 Å². The van der Waals surface area contributed by atoms with Crippen LogP contribution in [0.2, 0.25) is 0 Å². The highest BCUT2D eigenvalue weighted by molar-refractivity contribution is 5.66. The van der Waals surface area contributed by atoms with Gasteiger partial charge in [0.05, 0.1) is 9.85 Å². The lowest BCUT2D eigenvalue weighted by Gasteiger charge is -2.25. The van der Waals surface area contributed by atoms with E-state index in [4.69, 9.17) is 0 Å². The van der Waals surface area contributed by atoms with Crippen LogP contribution in [-0.4, -0.2) is 37.0 Å². The fraction of sp³-hybridized carbons (Fsp3) is 0.333. The van der Waals surface area contributed by atoms with Gasteiger partial charge in [-0.05, 0) is 37.1 Å². The summed E-state index contributed by atoms with van der Waals surface area (Å²) in [6.45, 7) is 4.71. The summed E-state index contributed by atoms with van der Waals surface area (Å²) in [5.41, 5.74) is 3.01. The maximum absolute atomic E-state index is 11.2. The molecule has 0 saturated heterocycles. The molecule has 8 heteroatoms. The van der Waals surface area contributed by atoms with Gasteiger partial charge in [-0.1, -0.05) is 12.1 Å². The molecule has 0 aromatic heterocycles. The second-order valence-corrected chi connectivity index (χ2v) is 6.34. The number of hydrogen-bond acceptors (Lipinski definition) is 6. The second kappa shape index (κ2) is 7.81. The highest BCUT2D eigenvalue weighted by Crippen LogP contribution is 2.30. The first-order valence-electron chi connectivity index (χ1n) is 8.13. The van der Waals surface area contributed by atoms with Crippen molar-refractivity contribution in [2.45, 2.75) is 13.8 Å². The lowest BCUT2D eigenvalue weighted by atomic mass is 10.1. The van der Waals surface area contributed by atoms with E-state index in [1.807, 2.05) is 13.8 Å². The fourth-order valence-electron chi connectivity index (χ4n) is 2.73. The third-order valence-electron chi connectivity index (χ3n) is 4.25. The molecule has 8 nitrogen and oxygen atoms in total. The van der Waals surface area contributed by atoms with Crippen LogP contribution in [0.25, 0.3) is 0 Å². The lowest BCUT2D eigenvalue weighted by molar-refractivity contribution is -0.384. The van der Waals surface area contributed by atoms with Crippen LogP contribution in [0.15, 0.2) is 36.4 Å². The minimum absolute atomic E-state index is 0.0438. The number of rotatable bonds is 7. The zero-order valence-corrected chi connectivity index (χ0v) is 15.3. The van der Waals surface area contributed by atoms with Gasteiger partial charge in [-0.2, -0.15) is 0 Å². The Hall–Kier alpha value is -3.16. The molecule has 2 aromatic carbocycles. The predicted molar refractivity (Wildman–Crippen MR) is 102 cm³/mol. The first kappa shape index (κ1) is 19.2. The molecule has 0 N–H and O–H groups in total. The number of anilines is 2. The zero-order chi connectivity index (χ0) is 19.4. The van der Waals surface area contributed by atoms with E-state index < -0.39 is 9.85 Å². The molecule has 26 heavy (non-hydrogen) atoms. The number of aryl methyl sites for hydroxylation is 2. The summed E-state index contributed by atoms with van der Waals surface area (Å²) in [7, 11) is 3.56. The number of nitro benzene ring substituents is 2. The highest BCUT2D eigenvalue weighted by atomic mass is 16.6. The van der Waals surface area contributed by atoms with Crippen molar-refractivity contribution in [3.8, 4) is 0 Å². The number of hydrogen-bond donors (Lipinski definition) is 0. The van der Waals surface area contributed by atoms with Crippen LogP contribution in [0.5, 0.6) is 0 Å². The van der Waals surface area contributed by atoms with Gasteiger partial charge in [-0.15, -0.1) is 0 Å². The Bertz CT molecular complexity index is 768. The van der Waals surface area contributed by atoms with Crippen molar-refractivity contribution in [3.05, 3.63) is 67.8 Å². The van der Waals surface area contributed by atoms with E-state index in [2.05, 4.69) is 0 Å². The predicted octanol–water partition coefficient (Wildman–Crippen LogP) is 3.69. The maximum Gasteiger partial charge on any atom is 0.292 e. The molecule has 2 rings (SSSR count). The van der Waals surface area contributed by atoms with Gasteiger partial charge in [0.1, 0.15) is 11.4 Å². The van der Waals surface area contributed by atoms with Crippen LogP contribution in [0.3, 0.4) is 0 Å². The number of likely N-dealkylation sites (N-methyl/N-ethyl adjacent to an activating group) is 2. The Morgan fingerprint density at radius 2 is 1.12 bits per heavy atom. The molecule has 138 valence electrons. The van der Waals surface area contributed by atoms with Crippen LogP contribution in [0, 0.1) is 34.1 Å². The fourth-order valence-corrected chi connectivity index (χ4v) is 2.73. The summed E-state index contributed by atoms with van der Waals surface area (Å²) >= 11 is 0. The van der Waals surface area contributed by atoms with Crippen molar-refractivity contribution in [3.63, 3.8) is 0 Å². The summed E-state index contributed by atoms with van der Waals surface area (Å²) in [6.07, 6.45) is 0. The molecule has 0 aliphatic carbocycles. The molecular weight excluding hydrogens is 336 g/mol. The van der Waals surface area contributed by atoms with E-state index in [1.54, 1.807) is 48.2 Å². The molecule has 0 saturated carbocycles. The third-order valence-corrected chi connectivity index (χ3v) is 4.25. The van der Waals surface area contributed by atoms with E-state index in [-0.39, 0.29) is 11.4 Å². The summed E-state index contributed by atoms with van der Waals surface area (Å²) in [4.78, 5) is 25.3. The van der Waals surface area contributed by atoms with Crippen LogP contribution < -0.4 is 9.80 Å². The molecule has 0 atom stereocenters. The highest BCUT2D eigenvalue weighted by Gasteiger charge is 2.20. The van der Waals surface area contributed by atoms with Crippen molar-refractivity contribution in [1.29, 1.82) is 0 Å². The van der Waals surface area contributed by atoms with Crippen LogP contribution in [0.4, 0.5) is 22.7 Å². The normalized spacial score (nSPS) is 10.5. The van der Waals surface area contributed by atoms with E-state index in [0.717, 1.165) is 11.1 Å². The van der Waals surface area contributed by atoms with E-state index in [9.17, 15) is 20.2 Å². The Balaban J connectivity index is 2.19. The maximum atomic E-state index is 11.2. The summed E-state index contributed by atoms with van der Waals surface area (Å²) in [5.74, 6) is 0. The largest absolute Gasteiger partial charge is 0.367 e. The molecule has 0 fully saturated rings. The second-order valence-electron chi connectivity index (χ2n) is 6.34. The summed E-state index contributed by atoms with van der Waals surface area (Å²) < 4.78 is 0. The SMILES string of the molecule is Cc1ccc([N+](=O)[O-])c(N(C)CCN(C)c2cc(C)ccc2[N+](=O)[O-])c1. The van der Waals surface area contributed by atoms with Crippen molar-refractivity contribution >= 4 is 22.7 Å². The van der Waals surface area contributed by atoms with Gasteiger partial charge in [0, 0.05) is 39.3 Å². The molecule has 0 heterocycles. The van der Waals surface area contributed by atoms with E-state index in [0.29, 0.717) is 24.5 Å². The average Bonchev–Trinajstić information content (AvgIpc) is 2.58. The van der Waals surface area contributed by atoms with Crippen LogP contribution in [0.1, 0.15) is 11.1 Å². The first-order valence-corrected chi connectivity index (χ1v) is 8.13. The Kier molecular flexibility index (Phi) is 5.76. The van der Waals surface area contributed by atoms with Crippen molar-refractivity contribution in [2.75, 3.05) is 37.0 Å². The average molecular weight is 358 g/mol. The summed E-state index contributed by atoms with van der Waals surface area (Å²) in [5, 5.41) is 22.5. The third kappa shape index (κ3) is 4.27. The monoisotopic (exact) mass is 358 g/mol. The van der Waals surface area contributed by atoms with Gasteiger partial charge < -0.3 is 9.80 Å². The zero-order valence-electron chi connectivity index (χ0n) is 15.3. The van der Waals surface area contributed by atoms with Crippen LogP contribution >= 0.6 is 0 Å². The van der Waals surface area contributed by atoms with Crippen molar-refractivity contribution in [2.24, 2.45) is 0 Å². The minimum Gasteiger partial charge on any atom is -0.367 e. The smallest absolute Gasteiger partial charge is 0.292 e. The lowest BCUT2D eigenvalue weighted by Crippen LogP contribution is -2.31. The topological polar surface area (TPSA) is 92.8 Å². The Morgan fingerprint density at radius 3 is 1.42 bits per heavy atom. The molecule has 0 aliphatic rings. The van der Waals surface area contributed by atoms with Gasteiger partial charge in [0.25, 0.3) is 11.4 Å². The molecule has 0 bridgehead atoms. The van der Waals surface area contributed by atoms with Crippen LogP contribution in [-0.2, 0) is 0 Å². The standard InChI is InChI=1S/C18H22N4O4/c1-13-5-7-15(21(23)24)17(11-13)19(3)9-10-20(4)18-12-14(2)6-8-16(18)22(25)26/h5-8,11-12H,9-10H2,1-4H3. The molecular formula is C18H22N4O4. The number of nitrogens with zero attached hydrogens (tertiary/aromatic N) is 4. The van der Waals surface area contributed by atoms with Crippen molar-refractivity contribution in [1.82, 2.24) is 0 Å². The number of nitro groups is 2. The van der Waals surface area contributed by atoms with E-state index in [1.165, 1.54) is 12.1 Å². The molecule has 0 aliphatic heterocycles. The van der Waals surface area contributed by atoms with Gasteiger partial charge >= 0.3 is 0 Å². The van der Waals surface area contributed by atoms with Crippen molar-refractivity contribution < 1.29 is 9.85 Å². The number of benzene rings is 2. The summed E-state index contributed by atoms with van der Waals surface area (Å²) in [6, 6.07) is 9.95. The molecule has 2 aromatic rings. The molecule has 0 spiro atoms.